The summed E-state index contributed by atoms with van der Waals surface area (Å²) in [7, 11) is 0. The van der Waals surface area contributed by atoms with Crippen molar-refractivity contribution in [2.45, 2.75) is 39.5 Å². The molecule has 1 rings (SSSR count). The number of rotatable bonds is 8. The van der Waals surface area contributed by atoms with Crippen molar-refractivity contribution in [1.82, 2.24) is 0 Å². The molecule has 0 aliphatic heterocycles. The van der Waals surface area contributed by atoms with Crippen LogP contribution in [-0.2, 0) is 14.3 Å². The second-order valence-corrected chi connectivity index (χ2v) is 5.30. The highest BCUT2D eigenvalue weighted by molar-refractivity contribution is 5.72. The molecule has 2 unspecified atom stereocenters. The average Bonchev–Trinajstić information content (AvgIpc) is 2.50. The monoisotopic (exact) mass is 308 g/mol. The Kier molecular flexibility index (Phi) is 7.60. The standard InChI is InChI=1S/C17H24O5/c1-4-14(17(20)21-10-9-18)11-12(2)15-5-7-16(8-6-15)22-13(3)19/h5-8,12,14,18H,4,9-11H2,1-3H3. The Morgan fingerprint density at radius 2 is 1.86 bits per heavy atom. The highest BCUT2D eigenvalue weighted by Crippen LogP contribution is 2.27. The Morgan fingerprint density at radius 3 is 2.36 bits per heavy atom. The van der Waals surface area contributed by atoms with Crippen LogP contribution in [0.15, 0.2) is 24.3 Å². The first-order valence-corrected chi connectivity index (χ1v) is 7.53. The van der Waals surface area contributed by atoms with Gasteiger partial charge in [-0.3, -0.25) is 9.59 Å². The van der Waals surface area contributed by atoms with Crippen LogP contribution in [0.3, 0.4) is 0 Å². The van der Waals surface area contributed by atoms with Gasteiger partial charge in [0.05, 0.1) is 12.5 Å². The first-order chi connectivity index (χ1) is 10.5. The minimum Gasteiger partial charge on any atom is -0.463 e. The van der Waals surface area contributed by atoms with E-state index >= 15 is 0 Å². The van der Waals surface area contributed by atoms with E-state index < -0.39 is 0 Å². The zero-order valence-corrected chi connectivity index (χ0v) is 13.4. The van der Waals surface area contributed by atoms with Crippen LogP contribution in [0.1, 0.15) is 45.1 Å². The van der Waals surface area contributed by atoms with Crippen LogP contribution in [0.5, 0.6) is 5.75 Å². The van der Waals surface area contributed by atoms with Gasteiger partial charge in [0.25, 0.3) is 0 Å². The number of carbonyl (C=O) groups excluding carboxylic acids is 2. The Balaban J connectivity index is 2.64. The molecule has 122 valence electrons. The molecule has 0 heterocycles. The van der Waals surface area contributed by atoms with Gasteiger partial charge in [-0.2, -0.15) is 0 Å². The Hall–Kier alpha value is -1.88. The molecule has 2 atom stereocenters. The summed E-state index contributed by atoms with van der Waals surface area (Å²) in [6.45, 7) is 5.24. The lowest BCUT2D eigenvalue weighted by Gasteiger charge is -2.19. The third-order valence-electron chi connectivity index (χ3n) is 3.51. The molecule has 1 aromatic carbocycles. The first kappa shape index (κ1) is 18.2. The average molecular weight is 308 g/mol. The maximum absolute atomic E-state index is 11.9. The van der Waals surface area contributed by atoms with Gasteiger partial charge in [-0.05, 0) is 36.5 Å². The van der Waals surface area contributed by atoms with E-state index in [2.05, 4.69) is 0 Å². The van der Waals surface area contributed by atoms with E-state index in [-0.39, 0.29) is 37.0 Å². The summed E-state index contributed by atoms with van der Waals surface area (Å²) in [5.74, 6) is -0.107. The predicted octanol–water partition coefficient (Wildman–Crippen LogP) is 2.67. The first-order valence-electron chi connectivity index (χ1n) is 7.53. The summed E-state index contributed by atoms with van der Waals surface area (Å²) >= 11 is 0. The second-order valence-electron chi connectivity index (χ2n) is 5.30. The number of hydrogen-bond donors (Lipinski definition) is 1. The number of aliphatic hydroxyl groups excluding tert-OH is 1. The van der Waals surface area contributed by atoms with Gasteiger partial charge < -0.3 is 14.6 Å². The third-order valence-corrected chi connectivity index (χ3v) is 3.51. The summed E-state index contributed by atoms with van der Waals surface area (Å²) in [6.07, 6.45) is 1.37. The smallest absolute Gasteiger partial charge is 0.309 e. The summed E-state index contributed by atoms with van der Waals surface area (Å²) in [6, 6.07) is 7.29. The number of benzene rings is 1. The molecule has 0 amide bonds. The van der Waals surface area contributed by atoms with Crippen molar-refractivity contribution >= 4 is 11.9 Å². The molecule has 0 spiro atoms. The molecular weight excluding hydrogens is 284 g/mol. The normalized spacial score (nSPS) is 13.3. The zero-order valence-electron chi connectivity index (χ0n) is 13.4. The number of carbonyl (C=O) groups is 2. The fraction of sp³-hybridized carbons (Fsp3) is 0.529. The molecule has 0 aliphatic rings. The number of esters is 2. The van der Waals surface area contributed by atoms with Gasteiger partial charge in [0.1, 0.15) is 12.4 Å². The fourth-order valence-corrected chi connectivity index (χ4v) is 2.29. The molecular formula is C17H24O5. The van der Waals surface area contributed by atoms with Gasteiger partial charge in [0.15, 0.2) is 0 Å². The third kappa shape index (κ3) is 5.85. The lowest BCUT2D eigenvalue weighted by Crippen LogP contribution is -2.20. The molecule has 1 N–H and O–H groups in total. The molecule has 0 aliphatic carbocycles. The summed E-state index contributed by atoms with van der Waals surface area (Å²) in [5, 5.41) is 8.70. The van der Waals surface area contributed by atoms with E-state index in [0.717, 1.165) is 5.56 Å². The Morgan fingerprint density at radius 1 is 1.23 bits per heavy atom. The Labute approximate surface area is 131 Å². The largest absolute Gasteiger partial charge is 0.463 e. The van der Waals surface area contributed by atoms with Crippen LogP contribution in [0.4, 0.5) is 0 Å². The Bertz CT molecular complexity index is 480. The fourth-order valence-electron chi connectivity index (χ4n) is 2.29. The molecule has 0 bridgehead atoms. The van der Waals surface area contributed by atoms with Crippen molar-refractivity contribution in [2.24, 2.45) is 5.92 Å². The van der Waals surface area contributed by atoms with Crippen molar-refractivity contribution in [3.8, 4) is 5.75 Å². The van der Waals surface area contributed by atoms with Gasteiger partial charge >= 0.3 is 11.9 Å². The highest BCUT2D eigenvalue weighted by Gasteiger charge is 2.21. The highest BCUT2D eigenvalue weighted by atomic mass is 16.5. The maximum atomic E-state index is 11.9. The molecule has 0 aromatic heterocycles. The predicted molar refractivity (Wildman–Crippen MR) is 82.6 cm³/mol. The van der Waals surface area contributed by atoms with E-state index in [1.165, 1.54) is 6.92 Å². The second kappa shape index (κ2) is 9.20. The van der Waals surface area contributed by atoms with Gasteiger partial charge in [0, 0.05) is 6.92 Å². The zero-order chi connectivity index (χ0) is 16.5. The van der Waals surface area contributed by atoms with Gasteiger partial charge in [0.2, 0.25) is 0 Å². The van der Waals surface area contributed by atoms with Crippen LogP contribution in [0, 0.1) is 5.92 Å². The van der Waals surface area contributed by atoms with Gasteiger partial charge in [-0.1, -0.05) is 26.0 Å². The van der Waals surface area contributed by atoms with E-state index in [1.54, 1.807) is 12.1 Å². The minimum absolute atomic E-state index is 0.0425. The molecule has 1 aromatic rings. The molecule has 5 nitrogen and oxygen atoms in total. The van der Waals surface area contributed by atoms with Crippen LogP contribution in [-0.4, -0.2) is 30.3 Å². The van der Waals surface area contributed by atoms with Gasteiger partial charge in [-0.15, -0.1) is 0 Å². The van der Waals surface area contributed by atoms with E-state index in [1.807, 2.05) is 26.0 Å². The molecule has 0 fully saturated rings. The van der Waals surface area contributed by atoms with E-state index in [4.69, 9.17) is 14.6 Å². The molecule has 22 heavy (non-hydrogen) atoms. The molecule has 0 radical (unpaired) electrons. The van der Waals surface area contributed by atoms with Gasteiger partial charge in [-0.25, -0.2) is 0 Å². The summed E-state index contributed by atoms with van der Waals surface area (Å²) in [4.78, 5) is 22.8. The van der Waals surface area contributed by atoms with E-state index in [0.29, 0.717) is 18.6 Å². The van der Waals surface area contributed by atoms with Crippen molar-refractivity contribution in [1.29, 1.82) is 0 Å². The lowest BCUT2D eigenvalue weighted by molar-refractivity contribution is -0.150. The summed E-state index contributed by atoms with van der Waals surface area (Å²) < 4.78 is 9.99. The van der Waals surface area contributed by atoms with Crippen LogP contribution < -0.4 is 4.74 Å². The number of ether oxygens (including phenoxy) is 2. The number of aliphatic hydroxyl groups is 1. The molecule has 0 saturated carbocycles. The van der Waals surface area contributed by atoms with Crippen molar-refractivity contribution in [2.75, 3.05) is 13.2 Å². The molecule has 5 heteroatoms. The SMILES string of the molecule is CCC(CC(C)c1ccc(OC(C)=O)cc1)C(=O)OCCO. The van der Waals surface area contributed by atoms with Crippen LogP contribution in [0.2, 0.25) is 0 Å². The van der Waals surface area contributed by atoms with Crippen LogP contribution >= 0.6 is 0 Å². The lowest BCUT2D eigenvalue weighted by atomic mass is 9.89. The quantitative estimate of drug-likeness (QED) is 0.590. The van der Waals surface area contributed by atoms with Crippen LogP contribution in [0.25, 0.3) is 0 Å². The van der Waals surface area contributed by atoms with Crippen molar-refractivity contribution in [3.05, 3.63) is 29.8 Å². The van der Waals surface area contributed by atoms with E-state index in [9.17, 15) is 9.59 Å². The van der Waals surface area contributed by atoms with Crippen molar-refractivity contribution < 1.29 is 24.2 Å². The minimum atomic E-state index is -0.349. The number of hydrogen-bond acceptors (Lipinski definition) is 5. The maximum Gasteiger partial charge on any atom is 0.309 e. The summed E-state index contributed by atoms with van der Waals surface area (Å²) in [5.41, 5.74) is 1.07. The van der Waals surface area contributed by atoms with Crippen molar-refractivity contribution in [3.63, 3.8) is 0 Å². The molecule has 0 saturated heterocycles. The topological polar surface area (TPSA) is 72.8 Å².